The minimum atomic E-state index is -0.272. The monoisotopic (exact) mass is 471 g/mol. The molecule has 0 aliphatic rings. The number of hydrazone groups is 1. The molecule has 0 radical (unpaired) electrons. The summed E-state index contributed by atoms with van der Waals surface area (Å²) in [6, 6.07) is 13.0. The van der Waals surface area contributed by atoms with Gasteiger partial charge >= 0.3 is 0 Å². The molecule has 0 bridgehead atoms. The highest BCUT2D eigenvalue weighted by Crippen LogP contribution is 2.23. The number of aromatic nitrogens is 1. The third kappa shape index (κ3) is 5.98. The summed E-state index contributed by atoms with van der Waals surface area (Å²) < 4.78 is 6.72. The third-order valence-corrected chi connectivity index (χ3v) is 5.43. The van der Waals surface area contributed by atoms with Gasteiger partial charge in [-0.15, -0.1) is 11.3 Å². The lowest BCUT2D eigenvalue weighted by Gasteiger charge is -2.09. The number of halogens is 1. The zero-order chi connectivity index (χ0) is 20.6. The van der Waals surface area contributed by atoms with E-state index >= 15 is 0 Å². The predicted octanol–water partition coefficient (Wildman–Crippen LogP) is 5.82. The Hall–Kier alpha value is -2.51. The summed E-state index contributed by atoms with van der Waals surface area (Å²) in [7, 11) is 0. The maximum atomic E-state index is 12.4. The van der Waals surface area contributed by atoms with E-state index in [-0.39, 0.29) is 5.91 Å². The summed E-state index contributed by atoms with van der Waals surface area (Å²) in [6.45, 7) is 4.74. The number of rotatable bonds is 8. The van der Waals surface area contributed by atoms with E-state index in [1.807, 2.05) is 42.6 Å². The van der Waals surface area contributed by atoms with Gasteiger partial charge in [0, 0.05) is 26.5 Å². The Morgan fingerprint density at radius 2 is 2.07 bits per heavy atom. The van der Waals surface area contributed by atoms with Gasteiger partial charge in [-0.3, -0.25) is 4.79 Å². The van der Waals surface area contributed by atoms with E-state index in [9.17, 15) is 4.79 Å². The number of benzene rings is 2. The minimum absolute atomic E-state index is 0.272. The molecule has 7 heteroatoms. The summed E-state index contributed by atoms with van der Waals surface area (Å²) in [6.07, 6.45) is 3.65. The van der Waals surface area contributed by atoms with Gasteiger partial charge in [-0.2, -0.15) is 5.10 Å². The molecule has 1 heterocycles. The van der Waals surface area contributed by atoms with Crippen LogP contribution < -0.4 is 10.2 Å². The van der Waals surface area contributed by atoms with Gasteiger partial charge in [0.25, 0.3) is 5.91 Å². The van der Waals surface area contributed by atoms with Gasteiger partial charge in [-0.1, -0.05) is 41.4 Å². The van der Waals surface area contributed by atoms with E-state index in [0.29, 0.717) is 12.2 Å². The first-order chi connectivity index (χ1) is 14.1. The molecule has 0 aliphatic heterocycles. The molecule has 1 aromatic heterocycles. The highest BCUT2D eigenvalue weighted by Gasteiger charge is 2.07. The van der Waals surface area contributed by atoms with Gasteiger partial charge in [-0.25, -0.2) is 10.4 Å². The van der Waals surface area contributed by atoms with Crippen molar-refractivity contribution < 1.29 is 9.53 Å². The minimum Gasteiger partial charge on any atom is -0.493 e. The van der Waals surface area contributed by atoms with Crippen molar-refractivity contribution in [1.29, 1.82) is 0 Å². The molecule has 150 valence electrons. The molecule has 0 saturated heterocycles. The predicted molar refractivity (Wildman–Crippen MR) is 122 cm³/mol. The zero-order valence-electron chi connectivity index (χ0n) is 16.3. The van der Waals surface area contributed by atoms with Crippen LogP contribution in [0, 0.1) is 6.92 Å². The van der Waals surface area contributed by atoms with E-state index in [1.54, 1.807) is 29.7 Å². The molecule has 2 aromatic carbocycles. The number of thiazole rings is 1. The summed E-state index contributed by atoms with van der Waals surface area (Å²) in [5.41, 5.74) is 5.80. The highest BCUT2D eigenvalue weighted by molar-refractivity contribution is 9.10. The molecule has 0 aliphatic carbocycles. The molecule has 0 saturated carbocycles. The number of carbonyl (C=O) groups is 1. The van der Waals surface area contributed by atoms with Crippen LogP contribution in [-0.2, 0) is 0 Å². The maximum absolute atomic E-state index is 12.4. The molecule has 5 nitrogen and oxygen atoms in total. The van der Waals surface area contributed by atoms with Crippen LogP contribution in [0.4, 0.5) is 0 Å². The maximum Gasteiger partial charge on any atom is 0.271 e. The fourth-order valence-electron chi connectivity index (χ4n) is 2.59. The van der Waals surface area contributed by atoms with Crippen LogP contribution in [0.5, 0.6) is 5.75 Å². The summed E-state index contributed by atoms with van der Waals surface area (Å²) in [4.78, 5) is 16.8. The van der Waals surface area contributed by atoms with Gasteiger partial charge < -0.3 is 4.74 Å². The summed E-state index contributed by atoms with van der Waals surface area (Å²) >= 11 is 5.06. The lowest BCUT2D eigenvalue weighted by molar-refractivity contribution is 0.0955. The molecule has 3 rings (SSSR count). The number of aryl methyl sites for hydroxylation is 1. The number of hydrogen-bond acceptors (Lipinski definition) is 5. The Morgan fingerprint density at radius 1 is 1.28 bits per heavy atom. The molecule has 0 unspecified atom stereocenters. The Labute approximate surface area is 183 Å². The van der Waals surface area contributed by atoms with Crippen molar-refractivity contribution >= 4 is 39.4 Å². The van der Waals surface area contributed by atoms with Crippen molar-refractivity contribution in [2.75, 3.05) is 6.61 Å². The third-order valence-electron chi connectivity index (χ3n) is 4.16. The summed E-state index contributed by atoms with van der Waals surface area (Å²) in [5, 5.41) is 7.12. The Kier molecular flexibility index (Phi) is 7.55. The summed E-state index contributed by atoms with van der Waals surface area (Å²) in [5.74, 6) is 0.466. The SMILES string of the molecule is CCCCOc1ccc(Br)cc1/C=N/NC(=O)c1ccc(-c2csc(C)n2)cc1. The second-order valence-corrected chi connectivity index (χ2v) is 8.39. The van der Waals surface area contributed by atoms with E-state index in [1.165, 1.54) is 0 Å². The van der Waals surface area contributed by atoms with Gasteiger partial charge in [0.2, 0.25) is 0 Å². The quantitative estimate of drug-likeness (QED) is 0.255. The van der Waals surface area contributed by atoms with Crippen molar-refractivity contribution in [3.63, 3.8) is 0 Å². The van der Waals surface area contributed by atoms with E-state index in [0.717, 1.165) is 44.9 Å². The van der Waals surface area contributed by atoms with E-state index < -0.39 is 0 Å². The van der Waals surface area contributed by atoms with Crippen molar-refractivity contribution in [2.45, 2.75) is 26.7 Å². The number of ether oxygens (including phenoxy) is 1. The molecule has 3 aromatic rings. The van der Waals surface area contributed by atoms with Crippen LogP contribution in [-0.4, -0.2) is 23.7 Å². The second-order valence-electron chi connectivity index (χ2n) is 6.41. The van der Waals surface area contributed by atoms with Crippen molar-refractivity contribution in [3.05, 3.63) is 68.5 Å². The number of carbonyl (C=O) groups excluding carboxylic acids is 1. The average Bonchev–Trinajstić information content (AvgIpc) is 3.16. The van der Waals surface area contributed by atoms with Crippen LogP contribution in [0.2, 0.25) is 0 Å². The zero-order valence-corrected chi connectivity index (χ0v) is 18.7. The van der Waals surface area contributed by atoms with E-state index in [2.05, 4.69) is 38.4 Å². The highest BCUT2D eigenvalue weighted by atomic mass is 79.9. The van der Waals surface area contributed by atoms with Crippen molar-refractivity contribution in [3.8, 4) is 17.0 Å². The molecule has 29 heavy (non-hydrogen) atoms. The van der Waals surface area contributed by atoms with Crippen molar-refractivity contribution in [1.82, 2.24) is 10.4 Å². The Bertz CT molecular complexity index is 1000. The van der Waals surface area contributed by atoms with Gasteiger partial charge in [-0.05, 0) is 43.7 Å². The van der Waals surface area contributed by atoms with Gasteiger partial charge in [0.15, 0.2) is 0 Å². The second kappa shape index (κ2) is 10.3. The first-order valence-corrected chi connectivity index (χ1v) is 11.0. The van der Waals surface area contributed by atoms with Crippen LogP contribution in [0.25, 0.3) is 11.3 Å². The van der Waals surface area contributed by atoms with Gasteiger partial charge in [0.1, 0.15) is 5.75 Å². The molecule has 1 amide bonds. The first-order valence-electron chi connectivity index (χ1n) is 9.35. The Morgan fingerprint density at radius 3 is 2.76 bits per heavy atom. The first kappa shape index (κ1) is 21.2. The number of nitrogens with zero attached hydrogens (tertiary/aromatic N) is 2. The number of hydrogen-bond donors (Lipinski definition) is 1. The molecular formula is C22H22BrN3O2S. The average molecular weight is 472 g/mol. The molecule has 0 fully saturated rings. The largest absolute Gasteiger partial charge is 0.493 e. The van der Waals surface area contributed by atoms with Crippen LogP contribution in [0.3, 0.4) is 0 Å². The topological polar surface area (TPSA) is 63.6 Å². The van der Waals surface area contributed by atoms with Crippen LogP contribution >= 0.6 is 27.3 Å². The van der Waals surface area contributed by atoms with Crippen LogP contribution in [0.1, 0.15) is 40.7 Å². The number of nitrogens with one attached hydrogen (secondary N) is 1. The molecular weight excluding hydrogens is 450 g/mol. The fourth-order valence-corrected chi connectivity index (χ4v) is 3.59. The van der Waals surface area contributed by atoms with Gasteiger partial charge in [0.05, 0.1) is 23.5 Å². The molecule has 0 atom stereocenters. The van der Waals surface area contributed by atoms with Crippen LogP contribution in [0.15, 0.2) is 57.4 Å². The van der Waals surface area contributed by atoms with Crippen molar-refractivity contribution in [2.24, 2.45) is 5.10 Å². The smallest absolute Gasteiger partial charge is 0.271 e. The normalized spacial score (nSPS) is 11.0. The Balaban J connectivity index is 1.64. The lowest BCUT2D eigenvalue weighted by atomic mass is 10.1. The fraction of sp³-hybridized carbons (Fsp3) is 0.227. The standard InChI is InChI=1S/C22H22BrN3O2S/c1-3-4-11-28-21-10-9-19(23)12-18(21)13-24-26-22(27)17-7-5-16(6-8-17)20-14-29-15(2)25-20/h5-10,12-14H,3-4,11H2,1-2H3,(H,26,27)/b24-13+. The lowest BCUT2D eigenvalue weighted by Crippen LogP contribution is -2.17. The number of unbranched alkanes of at least 4 members (excludes halogenated alkanes) is 1. The molecule has 1 N–H and O–H groups in total. The van der Waals surface area contributed by atoms with E-state index in [4.69, 9.17) is 4.74 Å². The molecule has 0 spiro atoms. The number of amides is 1.